The monoisotopic (exact) mass is 231 g/mol. The fourth-order valence-corrected chi connectivity index (χ4v) is 1.87. The summed E-state index contributed by atoms with van der Waals surface area (Å²) in [6.45, 7) is 0. The molecule has 0 aliphatic heterocycles. The second kappa shape index (κ2) is 3.24. The summed E-state index contributed by atoms with van der Waals surface area (Å²) in [6, 6.07) is 5.51. The number of hydrogen-bond acceptors (Lipinski definition) is 3. The number of carboxylic acid groups (broad SMARTS) is 1. The van der Waals surface area contributed by atoms with E-state index in [2.05, 4.69) is 9.97 Å². The van der Waals surface area contributed by atoms with Gasteiger partial charge in [0.2, 0.25) is 5.78 Å². The molecule has 0 unspecified atom stereocenters. The van der Waals surface area contributed by atoms with Crippen molar-refractivity contribution in [1.82, 2.24) is 14.4 Å². The average Bonchev–Trinajstić information content (AvgIpc) is 2.85. The van der Waals surface area contributed by atoms with Crippen LogP contribution in [-0.2, 0) is 0 Å². The molecule has 86 valence electrons. The first-order chi connectivity index (χ1) is 8.20. The summed E-state index contributed by atoms with van der Waals surface area (Å²) in [4.78, 5) is 17.9. The van der Waals surface area contributed by atoms with Crippen molar-refractivity contribution < 1.29 is 14.6 Å². The molecule has 3 rings (SSSR count). The third-order valence-electron chi connectivity index (χ3n) is 2.64. The molecule has 6 nitrogen and oxygen atoms in total. The Morgan fingerprint density at radius 3 is 3.06 bits per heavy atom. The number of carboxylic acids is 1. The number of ether oxygens (including phenoxy) is 1. The highest BCUT2D eigenvalue weighted by atomic mass is 16.5. The molecule has 17 heavy (non-hydrogen) atoms. The number of aromatic amines is 1. The van der Waals surface area contributed by atoms with Crippen molar-refractivity contribution in [3.8, 4) is 5.75 Å². The predicted molar refractivity (Wildman–Crippen MR) is 60.6 cm³/mol. The van der Waals surface area contributed by atoms with Crippen molar-refractivity contribution in [1.29, 1.82) is 0 Å². The summed E-state index contributed by atoms with van der Waals surface area (Å²) in [7, 11) is 1.57. The van der Waals surface area contributed by atoms with Gasteiger partial charge in [-0.2, -0.15) is 0 Å². The van der Waals surface area contributed by atoms with E-state index in [4.69, 9.17) is 9.84 Å². The van der Waals surface area contributed by atoms with E-state index in [1.165, 1.54) is 6.20 Å². The molecule has 2 heterocycles. The smallest absolute Gasteiger partial charge is 0.353 e. The second-order valence-corrected chi connectivity index (χ2v) is 3.61. The van der Waals surface area contributed by atoms with Gasteiger partial charge >= 0.3 is 5.97 Å². The fourth-order valence-electron chi connectivity index (χ4n) is 1.87. The third kappa shape index (κ3) is 1.27. The minimum Gasteiger partial charge on any atom is -0.494 e. The van der Waals surface area contributed by atoms with Crippen LogP contribution in [0.4, 0.5) is 0 Å². The number of aromatic nitrogens is 3. The van der Waals surface area contributed by atoms with E-state index < -0.39 is 5.97 Å². The third-order valence-corrected chi connectivity index (χ3v) is 2.64. The summed E-state index contributed by atoms with van der Waals surface area (Å²) in [5.41, 5.74) is 1.62. The first-order valence-electron chi connectivity index (χ1n) is 4.98. The van der Waals surface area contributed by atoms with Crippen molar-refractivity contribution in [2.45, 2.75) is 0 Å². The number of imidazole rings is 2. The van der Waals surface area contributed by atoms with Crippen LogP contribution in [0.2, 0.25) is 0 Å². The molecular formula is C11H9N3O3. The van der Waals surface area contributed by atoms with Gasteiger partial charge < -0.3 is 14.8 Å². The number of hydrogen-bond donors (Lipinski definition) is 2. The van der Waals surface area contributed by atoms with E-state index >= 15 is 0 Å². The highest BCUT2D eigenvalue weighted by molar-refractivity contribution is 5.89. The standard InChI is InChI=1S/C11H9N3O3/c1-17-8-4-2-3-7-9(8)13-11-12-6(10(15)16)5-14(7)11/h2-5H,1H3,(H,12,13)(H,15,16). The molecule has 0 fully saturated rings. The van der Waals surface area contributed by atoms with Crippen LogP contribution in [0.1, 0.15) is 10.5 Å². The second-order valence-electron chi connectivity index (χ2n) is 3.61. The van der Waals surface area contributed by atoms with Crippen LogP contribution in [0.5, 0.6) is 5.75 Å². The SMILES string of the molecule is COc1cccc2c1nc1[nH]c(C(=O)O)cn12. The average molecular weight is 231 g/mol. The van der Waals surface area contributed by atoms with Crippen molar-refractivity contribution in [2.75, 3.05) is 7.11 Å². The number of nitrogens with one attached hydrogen (secondary N) is 1. The number of para-hydroxylation sites is 1. The van der Waals surface area contributed by atoms with Gasteiger partial charge in [0.15, 0.2) is 0 Å². The molecule has 2 aromatic heterocycles. The molecule has 0 spiro atoms. The first-order valence-corrected chi connectivity index (χ1v) is 4.98. The maximum atomic E-state index is 10.8. The van der Waals surface area contributed by atoms with Crippen LogP contribution in [0.3, 0.4) is 0 Å². The van der Waals surface area contributed by atoms with Crippen LogP contribution in [-0.4, -0.2) is 32.6 Å². The molecule has 0 saturated carbocycles. The number of fused-ring (bicyclic) bond motifs is 3. The number of carbonyl (C=O) groups is 1. The lowest BCUT2D eigenvalue weighted by molar-refractivity contribution is 0.0691. The van der Waals surface area contributed by atoms with Crippen LogP contribution in [0, 0.1) is 0 Å². The van der Waals surface area contributed by atoms with Crippen molar-refractivity contribution in [3.05, 3.63) is 30.1 Å². The minimum absolute atomic E-state index is 0.109. The van der Waals surface area contributed by atoms with E-state index in [-0.39, 0.29) is 5.69 Å². The van der Waals surface area contributed by atoms with Crippen molar-refractivity contribution >= 4 is 22.8 Å². The Kier molecular flexibility index (Phi) is 1.85. The first kappa shape index (κ1) is 9.71. The number of aromatic carboxylic acids is 1. The van der Waals surface area contributed by atoms with Gasteiger partial charge in [-0.25, -0.2) is 9.78 Å². The molecule has 1 aromatic carbocycles. The normalized spacial score (nSPS) is 11.1. The maximum Gasteiger partial charge on any atom is 0.353 e. The van der Waals surface area contributed by atoms with Crippen molar-refractivity contribution in [2.24, 2.45) is 0 Å². The van der Waals surface area contributed by atoms with Gasteiger partial charge in [-0.15, -0.1) is 0 Å². The molecular weight excluding hydrogens is 222 g/mol. The Morgan fingerprint density at radius 1 is 1.53 bits per heavy atom. The van der Waals surface area contributed by atoms with Crippen LogP contribution in [0.15, 0.2) is 24.4 Å². The summed E-state index contributed by atoms with van der Waals surface area (Å²) >= 11 is 0. The Hall–Kier alpha value is -2.50. The summed E-state index contributed by atoms with van der Waals surface area (Å²) in [6.07, 6.45) is 1.51. The van der Waals surface area contributed by atoms with Gasteiger partial charge in [0.1, 0.15) is 17.0 Å². The zero-order valence-corrected chi connectivity index (χ0v) is 8.97. The molecule has 0 bridgehead atoms. The van der Waals surface area contributed by atoms with E-state index in [1.54, 1.807) is 11.5 Å². The maximum absolute atomic E-state index is 10.8. The number of methoxy groups -OCH3 is 1. The molecule has 0 aliphatic rings. The predicted octanol–water partition coefficient (Wildman–Crippen LogP) is 1.52. The summed E-state index contributed by atoms with van der Waals surface area (Å²) in [5, 5.41) is 8.88. The highest BCUT2D eigenvalue weighted by Crippen LogP contribution is 2.25. The number of benzene rings is 1. The van der Waals surface area contributed by atoms with E-state index in [1.807, 2.05) is 18.2 Å². The van der Waals surface area contributed by atoms with Crippen LogP contribution < -0.4 is 4.74 Å². The van der Waals surface area contributed by atoms with E-state index in [9.17, 15) is 4.79 Å². The quantitative estimate of drug-likeness (QED) is 0.700. The fraction of sp³-hybridized carbons (Fsp3) is 0.0909. The molecule has 0 saturated heterocycles. The van der Waals surface area contributed by atoms with Gasteiger partial charge in [0.05, 0.1) is 12.6 Å². The van der Waals surface area contributed by atoms with E-state index in [0.29, 0.717) is 17.0 Å². The molecule has 0 radical (unpaired) electrons. The summed E-state index contributed by atoms with van der Waals surface area (Å²) in [5.74, 6) is 0.143. The Labute approximate surface area is 95.5 Å². The molecule has 2 N–H and O–H groups in total. The lowest BCUT2D eigenvalue weighted by Crippen LogP contribution is -1.95. The lowest BCUT2D eigenvalue weighted by Gasteiger charge is -1.98. The van der Waals surface area contributed by atoms with Crippen LogP contribution in [0.25, 0.3) is 16.8 Å². The Morgan fingerprint density at radius 2 is 2.35 bits per heavy atom. The highest BCUT2D eigenvalue weighted by Gasteiger charge is 2.13. The molecule has 0 atom stereocenters. The zero-order valence-electron chi connectivity index (χ0n) is 8.97. The van der Waals surface area contributed by atoms with E-state index in [0.717, 1.165) is 5.52 Å². The molecule has 6 heteroatoms. The minimum atomic E-state index is -1.01. The van der Waals surface area contributed by atoms with Gasteiger partial charge in [0, 0.05) is 6.20 Å². The topological polar surface area (TPSA) is 79.6 Å². The van der Waals surface area contributed by atoms with Gasteiger partial charge in [-0.1, -0.05) is 6.07 Å². The number of nitrogens with zero attached hydrogens (tertiary/aromatic N) is 2. The van der Waals surface area contributed by atoms with Gasteiger partial charge in [0.25, 0.3) is 0 Å². The summed E-state index contributed by atoms with van der Waals surface area (Å²) < 4.78 is 6.89. The number of H-pyrrole nitrogens is 1. The molecule has 0 amide bonds. The molecule has 3 aromatic rings. The Balaban J connectivity index is 2.38. The zero-order chi connectivity index (χ0) is 12.0. The largest absolute Gasteiger partial charge is 0.494 e. The molecule has 0 aliphatic carbocycles. The number of rotatable bonds is 2. The Bertz CT molecular complexity index is 726. The van der Waals surface area contributed by atoms with Crippen LogP contribution >= 0.6 is 0 Å². The lowest BCUT2D eigenvalue weighted by atomic mass is 10.3. The van der Waals surface area contributed by atoms with Gasteiger partial charge in [-0.05, 0) is 12.1 Å². The van der Waals surface area contributed by atoms with Crippen molar-refractivity contribution in [3.63, 3.8) is 0 Å². The van der Waals surface area contributed by atoms with Gasteiger partial charge in [-0.3, -0.25) is 4.40 Å².